The quantitative estimate of drug-likeness (QED) is 0.0320. The molecule has 2 unspecified atom stereocenters. The van der Waals surface area contributed by atoms with Crippen LogP contribution >= 0.6 is 0 Å². The van der Waals surface area contributed by atoms with Gasteiger partial charge in [-0.25, -0.2) is 0 Å². The van der Waals surface area contributed by atoms with Gasteiger partial charge in [-0.2, -0.15) is 0 Å². The van der Waals surface area contributed by atoms with E-state index in [1.54, 1.807) is 6.08 Å². The van der Waals surface area contributed by atoms with E-state index in [0.717, 1.165) is 38.5 Å². The third-order valence-corrected chi connectivity index (χ3v) is 15.8. The van der Waals surface area contributed by atoms with Gasteiger partial charge in [0.05, 0.1) is 25.4 Å². The standard InChI is InChI=1S/C67H131NO5/c1-3-5-7-9-11-13-15-17-32-37-41-45-49-53-57-61-67(72)73-62-58-54-50-46-42-38-34-31-29-27-25-23-21-19-20-22-24-26-28-30-33-36-40-44-48-52-56-60-66(71)68-64(63-69)65(70)59-55-51-47-43-39-35-18-16-14-12-10-8-6-4-2/h55,59,64-65,69-70H,3-54,56-58,60-63H2,1-2H3,(H,68,71)/b59-55+. The second kappa shape index (κ2) is 63.1. The van der Waals surface area contributed by atoms with Crippen molar-refractivity contribution >= 4 is 11.9 Å². The molecule has 0 spiro atoms. The van der Waals surface area contributed by atoms with Crippen LogP contribution in [0.15, 0.2) is 12.2 Å². The molecule has 0 bridgehead atoms. The summed E-state index contributed by atoms with van der Waals surface area (Å²) in [5.74, 6) is -0.0417. The first-order valence-corrected chi connectivity index (χ1v) is 33.5. The molecule has 3 N–H and O–H groups in total. The number of carbonyl (C=O) groups is 2. The van der Waals surface area contributed by atoms with Crippen LogP contribution in [0.3, 0.4) is 0 Å². The molecule has 0 radical (unpaired) electrons. The Hall–Kier alpha value is -1.40. The topological polar surface area (TPSA) is 95.9 Å². The van der Waals surface area contributed by atoms with E-state index in [0.29, 0.717) is 19.4 Å². The van der Waals surface area contributed by atoms with Crippen LogP contribution in [0.1, 0.15) is 380 Å². The highest BCUT2D eigenvalue weighted by Crippen LogP contribution is 2.19. The number of rotatable bonds is 63. The van der Waals surface area contributed by atoms with Gasteiger partial charge in [-0.3, -0.25) is 9.59 Å². The Morgan fingerprint density at radius 1 is 0.370 bits per heavy atom. The van der Waals surface area contributed by atoms with Crippen LogP contribution in [0, 0.1) is 0 Å². The molecule has 0 aromatic rings. The molecule has 2 atom stereocenters. The predicted molar refractivity (Wildman–Crippen MR) is 320 cm³/mol. The maximum Gasteiger partial charge on any atom is 0.305 e. The highest BCUT2D eigenvalue weighted by atomic mass is 16.5. The highest BCUT2D eigenvalue weighted by molar-refractivity contribution is 5.76. The van der Waals surface area contributed by atoms with Gasteiger partial charge < -0.3 is 20.3 Å². The van der Waals surface area contributed by atoms with Gasteiger partial charge in [0.15, 0.2) is 0 Å². The summed E-state index contributed by atoms with van der Waals surface area (Å²) in [5.41, 5.74) is 0. The summed E-state index contributed by atoms with van der Waals surface area (Å²) in [5, 5.41) is 23.1. The largest absolute Gasteiger partial charge is 0.466 e. The molecule has 0 aliphatic rings. The molecule has 0 aromatic carbocycles. The van der Waals surface area contributed by atoms with Crippen molar-refractivity contribution < 1.29 is 24.5 Å². The van der Waals surface area contributed by atoms with Gasteiger partial charge >= 0.3 is 5.97 Å². The predicted octanol–water partition coefficient (Wildman–Crippen LogP) is 21.2. The monoisotopic (exact) mass is 1030 g/mol. The SMILES string of the molecule is CCCCCCCCCCCCCC/C=C/C(O)C(CO)NC(=O)CCCCCCCCCCCCCCCCCCCCCCCCCCCCCOC(=O)CCCCCCCCCCCCCCCCC. The number of ether oxygens (including phenoxy) is 1. The number of hydrogen-bond donors (Lipinski definition) is 3. The Labute approximate surface area is 457 Å². The number of hydrogen-bond acceptors (Lipinski definition) is 5. The van der Waals surface area contributed by atoms with Crippen molar-refractivity contribution in [1.29, 1.82) is 0 Å². The minimum Gasteiger partial charge on any atom is -0.466 e. The van der Waals surface area contributed by atoms with Gasteiger partial charge in [0.1, 0.15) is 0 Å². The Morgan fingerprint density at radius 2 is 0.630 bits per heavy atom. The minimum absolute atomic E-state index is 0.0213. The fraction of sp³-hybridized carbons (Fsp3) is 0.940. The molecule has 0 heterocycles. The van der Waals surface area contributed by atoms with E-state index < -0.39 is 12.1 Å². The van der Waals surface area contributed by atoms with Gasteiger partial charge in [0.25, 0.3) is 0 Å². The van der Waals surface area contributed by atoms with Crippen LogP contribution < -0.4 is 5.32 Å². The van der Waals surface area contributed by atoms with Crippen molar-refractivity contribution in [2.45, 2.75) is 392 Å². The summed E-state index contributed by atoms with van der Waals surface area (Å²) in [6.07, 6.45) is 77.1. The number of nitrogens with one attached hydrogen (secondary N) is 1. The minimum atomic E-state index is -0.841. The van der Waals surface area contributed by atoms with E-state index in [1.807, 2.05) is 6.08 Å². The molecule has 0 saturated carbocycles. The van der Waals surface area contributed by atoms with Crippen LogP contribution in [0.5, 0.6) is 0 Å². The van der Waals surface area contributed by atoms with E-state index in [1.165, 1.54) is 315 Å². The Kier molecular flexibility index (Phi) is 61.9. The highest BCUT2D eigenvalue weighted by Gasteiger charge is 2.18. The van der Waals surface area contributed by atoms with Crippen LogP contribution in [0.25, 0.3) is 0 Å². The van der Waals surface area contributed by atoms with Gasteiger partial charge in [-0.05, 0) is 32.1 Å². The van der Waals surface area contributed by atoms with E-state index in [9.17, 15) is 19.8 Å². The van der Waals surface area contributed by atoms with Crippen LogP contribution in [-0.4, -0.2) is 47.4 Å². The number of carbonyl (C=O) groups excluding carboxylic acids is 2. The first-order valence-electron chi connectivity index (χ1n) is 33.5. The Bertz CT molecular complexity index is 1100. The average molecular weight is 1030 g/mol. The third kappa shape index (κ3) is 59.7. The van der Waals surface area contributed by atoms with Gasteiger partial charge in [-0.15, -0.1) is 0 Å². The summed E-state index contributed by atoms with van der Waals surface area (Å²) < 4.78 is 5.50. The lowest BCUT2D eigenvalue weighted by molar-refractivity contribution is -0.143. The lowest BCUT2D eigenvalue weighted by Crippen LogP contribution is -2.45. The first kappa shape index (κ1) is 71.6. The van der Waals surface area contributed by atoms with Crippen molar-refractivity contribution in [2.24, 2.45) is 0 Å². The molecule has 6 nitrogen and oxygen atoms in total. The fourth-order valence-electron chi connectivity index (χ4n) is 10.7. The van der Waals surface area contributed by atoms with E-state index >= 15 is 0 Å². The zero-order valence-corrected chi connectivity index (χ0v) is 49.6. The molecule has 6 heteroatoms. The Balaban J connectivity index is 3.34. The smallest absolute Gasteiger partial charge is 0.305 e. The molecule has 0 aliphatic carbocycles. The van der Waals surface area contributed by atoms with Gasteiger partial charge in [-0.1, -0.05) is 347 Å². The molecular formula is C67H131NO5. The third-order valence-electron chi connectivity index (χ3n) is 15.8. The van der Waals surface area contributed by atoms with E-state index in [4.69, 9.17) is 4.74 Å². The zero-order chi connectivity index (χ0) is 52.9. The molecule has 0 aliphatic heterocycles. The van der Waals surface area contributed by atoms with Gasteiger partial charge in [0, 0.05) is 12.8 Å². The van der Waals surface area contributed by atoms with Crippen molar-refractivity contribution in [3.63, 3.8) is 0 Å². The lowest BCUT2D eigenvalue weighted by atomic mass is 10.0. The number of aliphatic hydroxyl groups is 2. The average Bonchev–Trinajstić information content (AvgIpc) is 3.39. The normalized spacial score (nSPS) is 12.5. The molecular weight excluding hydrogens is 899 g/mol. The van der Waals surface area contributed by atoms with Crippen molar-refractivity contribution in [2.75, 3.05) is 13.2 Å². The zero-order valence-electron chi connectivity index (χ0n) is 49.6. The molecule has 0 aromatic heterocycles. The van der Waals surface area contributed by atoms with Crippen LogP contribution in [-0.2, 0) is 14.3 Å². The molecule has 0 fully saturated rings. The summed E-state index contributed by atoms with van der Waals surface area (Å²) in [6.45, 7) is 4.94. The maximum absolute atomic E-state index is 12.5. The van der Waals surface area contributed by atoms with Crippen LogP contribution in [0.2, 0.25) is 0 Å². The lowest BCUT2D eigenvalue weighted by Gasteiger charge is -2.20. The summed E-state index contributed by atoms with van der Waals surface area (Å²) in [6, 6.07) is -0.624. The molecule has 434 valence electrons. The number of amides is 1. The van der Waals surface area contributed by atoms with E-state index in [2.05, 4.69) is 19.2 Å². The number of aliphatic hydroxyl groups excluding tert-OH is 2. The Morgan fingerprint density at radius 3 is 0.932 bits per heavy atom. The van der Waals surface area contributed by atoms with Crippen molar-refractivity contribution in [3.8, 4) is 0 Å². The molecule has 0 rings (SSSR count). The van der Waals surface area contributed by atoms with Crippen molar-refractivity contribution in [1.82, 2.24) is 5.32 Å². The van der Waals surface area contributed by atoms with Crippen molar-refractivity contribution in [3.05, 3.63) is 12.2 Å². The first-order chi connectivity index (χ1) is 36.0. The summed E-state index contributed by atoms with van der Waals surface area (Å²) in [4.78, 5) is 24.5. The molecule has 0 saturated heterocycles. The maximum atomic E-state index is 12.5. The molecule has 73 heavy (non-hydrogen) atoms. The second-order valence-corrected chi connectivity index (χ2v) is 23.2. The summed E-state index contributed by atoms with van der Waals surface area (Å²) >= 11 is 0. The molecule has 1 amide bonds. The van der Waals surface area contributed by atoms with Gasteiger partial charge in [0.2, 0.25) is 5.91 Å². The number of allylic oxidation sites excluding steroid dienone is 1. The number of unbranched alkanes of at least 4 members (excludes halogenated alkanes) is 52. The van der Waals surface area contributed by atoms with Crippen LogP contribution in [0.4, 0.5) is 0 Å². The van der Waals surface area contributed by atoms with E-state index in [-0.39, 0.29) is 18.5 Å². The second-order valence-electron chi connectivity index (χ2n) is 23.2. The fourth-order valence-corrected chi connectivity index (χ4v) is 10.7. The summed E-state index contributed by atoms with van der Waals surface area (Å²) in [7, 11) is 0. The number of esters is 1.